The highest BCUT2D eigenvalue weighted by Gasteiger charge is 2.34. The van der Waals surface area contributed by atoms with Gasteiger partial charge in [0.2, 0.25) is 0 Å². The van der Waals surface area contributed by atoms with Crippen molar-refractivity contribution in [2.24, 2.45) is 5.92 Å². The van der Waals surface area contributed by atoms with Crippen molar-refractivity contribution in [1.82, 2.24) is 10.2 Å². The second kappa shape index (κ2) is 7.06. The maximum absolute atomic E-state index is 3.65. The van der Waals surface area contributed by atoms with E-state index in [1.165, 1.54) is 49.9 Å². The molecule has 0 amide bonds. The van der Waals surface area contributed by atoms with E-state index in [0.717, 1.165) is 25.0 Å². The zero-order chi connectivity index (χ0) is 13.8. The van der Waals surface area contributed by atoms with Gasteiger partial charge in [0, 0.05) is 30.1 Å². The smallest absolute Gasteiger partial charge is 0.0300 e. The van der Waals surface area contributed by atoms with Crippen molar-refractivity contribution >= 4 is 11.3 Å². The summed E-state index contributed by atoms with van der Waals surface area (Å²) in [4.78, 5) is 4.26. The van der Waals surface area contributed by atoms with Gasteiger partial charge in [0.05, 0.1) is 0 Å². The van der Waals surface area contributed by atoms with Gasteiger partial charge in [-0.15, -0.1) is 11.3 Å². The average Bonchev–Trinajstić information content (AvgIpc) is 3.00. The van der Waals surface area contributed by atoms with E-state index in [1.807, 2.05) is 11.3 Å². The highest BCUT2D eigenvalue weighted by atomic mass is 32.1. The Morgan fingerprint density at radius 2 is 2.15 bits per heavy atom. The van der Waals surface area contributed by atoms with E-state index in [-0.39, 0.29) is 0 Å². The topological polar surface area (TPSA) is 15.3 Å². The number of thiophene rings is 1. The molecule has 2 fully saturated rings. The number of piperidine rings is 1. The molecule has 3 heteroatoms. The summed E-state index contributed by atoms with van der Waals surface area (Å²) in [6, 6.07) is 5.93. The molecule has 2 nitrogen and oxygen atoms in total. The molecule has 2 heterocycles. The van der Waals surface area contributed by atoms with Gasteiger partial charge in [-0.25, -0.2) is 0 Å². The standard InChI is InChI=1S/C17H28N2S/c1-14(12-18-13-16-8-5-11-20-16)19-10-4-7-15-6-2-3-9-17(15)19/h5,8,11,14-15,17-18H,2-4,6-7,9-10,12-13H2,1H3. The summed E-state index contributed by atoms with van der Waals surface area (Å²) in [7, 11) is 0. The fraction of sp³-hybridized carbons (Fsp3) is 0.765. The summed E-state index contributed by atoms with van der Waals surface area (Å²) >= 11 is 1.85. The summed E-state index contributed by atoms with van der Waals surface area (Å²) in [5, 5.41) is 5.81. The van der Waals surface area contributed by atoms with E-state index < -0.39 is 0 Å². The van der Waals surface area contributed by atoms with Crippen LogP contribution in [0.15, 0.2) is 17.5 Å². The van der Waals surface area contributed by atoms with Gasteiger partial charge in [-0.05, 0) is 56.5 Å². The highest BCUT2D eigenvalue weighted by molar-refractivity contribution is 7.09. The summed E-state index contributed by atoms with van der Waals surface area (Å²) in [6.07, 6.45) is 8.75. The van der Waals surface area contributed by atoms with Crippen molar-refractivity contribution in [3.05, 3.63) is 22.4 Å². The Bertz CT molecular complexity index is 388. The Labute approximate surface area is 127 Å². The molecule has 1 aliphatic heterocycles. The number of rotatable bonds is 5. The lowest BCUT2D eigenvalue weighted by molar-refractivity contribution is 0.0314. The van der Waals surface area contributed by atoms with Crippen LogP contribution in [0, 0.1) is 5.92 Å². The Kier molecular flexibility index (Phi) is 5.14. The van der Waals surface area contributed by atoms with Crippen LogP contribution in [0.3, 0.4) is 0 Å². The molecular formula is C17H28N2S. The second-order valence-electron chi connectivity index (χ2n) is 6.55. The van der Waals surface area contributed by atoms with Crippen LogP contribution in [-0.2, 0) is 6.54 Å². The molecule has 112 valence electrons. The van der Waals surface area contributed by atoms with Gasteiger partial charge in [0.1, 0.15) is 0 Å². The first-order valence-corrected chi connectivity index (χ1v) is 9.21. The molecule has 0 bridgehead atoms. The van der Waals surface area contributed by atoms with Crippen LogP contribution in [0.1, 0.15) is 50.3 Å². The SMILES string of the molecule is CC(CNCc1cccs1)N1CCCC2CCCCC21. The monoisotopic (exact) mass is 292 g/mol. The second-order valence-corrected chi connectivity index (χ2v) is 7.58. The molecule has 3 rings (SSSR count). The molecule has 0 aromatic carbocycles. The normalized spacial score (nSPS) is 29.1. The van der Waals surface area contributed by atoms with Crippen molar-refractivity contribution in [3.63, 3.8) is 0 Å². The molecule has 3 atom stereocenters. The Hall–Kier alpha value is -0.380. The fourth-order valence-electron chi connectivity index (χ4n) is 4.15. The Morgan fingerprint density at radius 3 is 3.00 bits per heavy atom. The van der Waals surface area contributed by atoms with Crippen LogP contribution < -0.4 is 5.32 Å². The van der Waals surface area contributed by atoms with E-state index in [2.05, 4.69) is 34.7 Å². The molecule has 1 saturated carbocycles. The summed E-state index contributed by atoms with van der Waals surface area (Å²) in [6.45, 7) is 5.90. The first-order chi connectivity index (χ1) is 9.84. The zero-order valence-corrected chi connectivity index (χ0v) is 13.5. The van der Waals surface area contributed by atoms with Crippen LogP contribution >= 0.6 is 11.3 Å². The third kappa shape index (κ3) is 3.44. The van der Waals surface area contributed by atoms with Gasteiger partial charge < -0.3 is 5.32 Å². The van der Waals surface area contributed by atoms with E-state index in [4.69, 9.17) is 0 Å². The van der Waals surface area contributed by atoms with Crippen molar-refractivity contribution in [2.45, 2.75) is 64.1 Å². The maximum Gasteiger partial charge on any atom is 0.0300 e. The Morgan fingerprint density at radius 1 is 1.30 bits per heavy atom. The summed E-state index contributed by atoms with van der Waals surface area (Å²) < 4.78 is 0. The van der Waals surface area contributed by atoms with E-state index in [1.54, 1.807) is 0 Å². The predicted molar refractivity (Wildman–Crippen MR) is 87.2 cm³/mol. The average molecular weight is 292 g/mol. The molecule has 2 aliphatic rings. The third-order valence-electron chi connectivity index (χ3n) is 5.17. The number of nitrogens with zero attached hydrogens (tertiary/aromatic N) is 1. The highest BCUT2D eigenvalue weighted by Crippen LogP contribution is 2.36. The first-order valence-electron chi connectivity index (χ1n) is 8.33. The molecule has 1 aromatic rings. The van der Waals surface area contributed by atoms with Gasteiger partial charge in [-0.3, -0.25) is 4.90 Å². The predicted octanol–water partition coefficient (Wildman–Crippen LogP) is 3.88. The van der Waals surface area contributed by atoms with Crippen LogP contribution in [-0.4, -0.2) is 30.1 Å². The molecule has 1 aliphatic carbocycles. The number of likely N-dealkylation sites (tertiary alicyclic amines) is 1. The lowest BCUT2D eigenvalue weighted by Gasteiger charge is -2.47. The number of hydrogen-bond donors (Lipinski definition) is 1. The summed E-state index contributed by atoms with van der Waals surface area (Å²) in [5.74, 6) is 0.997. The Balaban J connectivity index is 1.49. The van der Waals surface area contributed by atoms with E-state index >= 15 is 0 Å². The lowest BCUT2D eigenvalue weighted by Crippen LogP contribution is -2.53. The largest absolute Gasteiger partial charge is 0.310 e. The minimum absolute atomic E-state index is 0.681. The number of hydrogen-bond acceptors (Lipinski definition) is 3. The molecular weight excluding hydrogens is 264 g/mol. The molecule has 3 unspecified atom stereocenters. The van der Waals surface area contributed by atoms with Crippen LogP contribution in [0.2, 0.25) is 0 Å². The zero-order valence-electron chi connectivity index (χ0n) is 12.7. The van der Waals surface area contributed by atoms with Gasteiger partial charge in [0.15, 0.2) is 0 Å². The first kappa shape index (κ1) is 14.6. The van der Waals surface area contributed by atoms with Crippen LogP contribution in [0.4, 0.5) is 0 Å². The molecule has 1 N–H and O–H groups in total. The third-order valence-corrected chi connectivity index (χ3v) is 6.05. The van der Waals surface area contributed by atoms with Gasteiger partial charge in [-0.2, -0.15) is 0 Å². The van der Waals surface area contributed by atoms with E-state index in [0.29, 0.717) is 6.04 Å². The minimum Gasteiger partial charge on any atom is -0.310 e. The van der Waals surface area contributed by atoms with Gasteiger partial charge in [0.25, 0.3) is 0 Å². The minimum atomic E-state index is 0.681. The quantitative estimate of drug-likeness (QED) is 0.886. The maximum atomic E-state index is 3.65. The molecule has 0 radical (unpaired) electrons. The molecule has 1 saturated heterocycles. The van der Waals surface area contributed by atoms with Crippen LogP contribution in [0.25, 0.3) is 0 Å². The number of nitrogens with one attached hydrogen (secondary N) is 1. The lowest BCUT2D eigenvalue weighted by atomic mass is 9.78. The number of fused-ring (bicyclic) bond motifs is 1. The van der Waals surface area contributed by atoms with Crippen molar-refractivity contribution in [3.8, 4) is 0 Å². The van der Waals surface area contributed by atoms with Crippen molar-refractivity contribution in [1.29, 1.82) is 0 Å². The molecule has 20 heavy (non-hydrogen) atoms. The molecule has 1 aromatic heterocycles. The van der Waals surface area contributed by atoms with E-state index in [9.17, 15) is 0 Å². The molecule has 0 spiro atoms. The van der Waals surface area contributed by atoms with Gasteiger partial charge in [-0.1, -0.05) is 18.9 Å². The van der Waals surface area contributed by atoms with Crippen LogP contribution in [0.5, 0.6) is 0 Å². The fourth-order valence-corrected chi connectivity index (χ4v) is 4.82. The van der Waals surface area contributed by atoms with Gasteiger partial charge >= 0.3 is 0 Å². The van der Waals surface area contributed by atoms with Crippen molar-refractivity contribution < 1.29 is 0 Å². The summed E-state index contributed by atoms with van der Waals surface area (Å²) in [5.41, 5.74) is 0. The van der Waals surface area contributed by atoms with Crippen molar-refractivity contribution in [2.75, 3.05) is 13.1 Å².